The highest BCUT2D eigenvalue weighted by Gasteiger charge is 2.19. The second-order valence-corrected chi connectivity index (χ2v) is 5.83. The summed E-state index contributed by atoms with van der Waals surface area (Å²) in [4.78, 5) is 22.3. The minimum Gasteiger partial charge on any atom is -0.330 e. The molecular formula is C13H18BrN3O3. The molecule has 110 valence electrons. The second-order valence-electron chi connectivity index (χ2n) is 4.97. The largest absolute Gasteiger partial charge is 0.330 e. The molecule has 0 aliphatic heterocycles. The lowest BCUT2D eigenvalue weighted by atomic mass is 9.96. The van der Waals surface area contributed by atoms with E-state index in [1.165, 1.54) is 18.2 Å². The van der Waals surface area contributed by atoms with E-state index in [1.54, 1.807) is 0 Å². The Morgan fingerprint density at radius 3 is 2.60 bits per heavy atom. The minimum absolute atomic E-state index is 0.0412. The minimum atomic E-state index is -0.489. The number of hydrogen-bond donors (Lipinski definition) is 2. The van der Waals surface area contributed by atoms with Gasteiger partial charge >= 0.3 is 0 Å². The van der Waals surface area contributed by atoms with Crippen molar-refractivity contribution in [3.8, 4) is 0 Å². The van der Waals surface area contributed by atoms with Crippen LogP contribution in [0.1, 0.15) is 20.3 Å². The van der Waals surface area contributed by atoms with Gasteiger partial charge in [-0.2, -0.15) is 0 Å². The number of nitrogens with zero attached hydrogens (tertiary/aromatic N) is 1. The third kappa shape index (κ3) is 4.57. The van der Waals surface area contributed by atoms with Gasteiger partial charge in [0, 0.05) is 18.3 Å². The van der Waals surface area contributed by atoms with Gasteiger partial charge in [0.2, 0.25) is 5.91 Å². The molecule has 0 saturated heterocycles. The fourth-order valence-electron chi connectivity index (χ4n) is 1.86. The normalized spacial score (nSPS) is 12.2. The maximum atomic E-state index is 12.1. The van der Waals surface area contributed by atoms with Gasteiger partial charge in [-0.25, -0.2) is 0 Å². The topological polar surface area (TPSA) is 98.3 Å². The number of amides is 1. The monoisotopic (exact) mass is 343 g/mol. The van der Waals surface area contributed by atoms with E-state index in [0.717, 1.165) is 0 Å². The maximum absolute atomic E-state index is 12.1. The summed E-state index contributed by atoms with van der Waals surface area (Å²) in [5.74, 6) is -0.0520. The molecule has 0 aromatic heterocycles. The number of hydrogen-bond acceptors (Lipinski definition) is 4. The first kappa shape index (κ1) is 16.6. The van der Waals surface area contributed by atoms with E-state index in [1.807, 2.05) is 13.8 Å². The molecular weight excluding hydrogens is 326 g/mol. The van der Waals surface area contributed by atoms with Crippen LogP contribution in [-0.2, 0) is 4.79 Å². The molecule has 1 aromatic rings. The van der Waals surface area contributed by atoms with Crippen LogP contribution >= 0.6 is 15.9 Å². The Hall–Kier alpha value is -1.47. The number of carbonyl (C=O) groups excluding carboxylic acids is 1. The number of nitrogens with two attached hydrogens (primary N) is 1. The molecule has 0 aliphatic rings. The quantitative estimate of drug-likeness (QED) is 0.612. The van der Waals surface area contributed by atoms with Crippen molar-refractivity contribution in [1.29, 1.82) is 0 Å². The molecule has 6 nitrogen and oxygen atoms in total. The van der Waals surface area contributed by atoms with Gasteiger partial charge in [-0.3, -0.25) is 14.9 Å². The lowest BCUT2D eigenvalue weighted by molar-refractivity contribution is -0.385. The van der Waals surface area contributed by atoms with Crippen LogP contribution in [0.5, 0.6) is 0 Å². The smallest absolute Gasteiger partial charge is 0.283 e. The number of nitrogens with one attached hydrogen (secondary N) is 1. The number of benzene rings is 1. The van der Waals surface area contributed by atoms with Crippen LogP contribution in [0.25, 0.3) is 0 Å². The van der Waals surface area contributed by atoms with Gasteiger partial charge in [0.05, 0.1) is 15.3 Å². The van der Waals surface area contributed by atoms with Crippen molar-refractivity contribution in [3.05, 3.63) is 32.8 Å². The fraction of sp³-hybridized carbons (Fsp3) is 0.462. The summed E-state index contributed by atoms with van der Waals surface area (Å²) >= 11 is 3.11. The van der Waals surface area contributed by atoms with Gasteiger partial charge in [0.1, 0.15) is 0 Å². The predicted molar refractivity (Wildman–Crippen MR) is 81.4 cm³/mol. The van der Waals surface area contributed by atoms with Gasteiger partial charge in [-0.15, -0.1) is 0 Å². The van der Waals surface area contributed by atoms with Gasteiger partial charge in [0.15, 0.2) is 0 Å². The van der Waals surface area contributed by atoms with E-state index in [9.17, 15) is 14.9 Å². The molecule has 1 atom stereocenters. The van der Waals surface area contributed by atoms with Crippen LogP contribution in [0.3, 0.4) is 0 Å². The van der Waals surface area contributed by atoms with Crippen LogP contribution in [0, 0.1) is 22.0 Å². The number of nitro benzene ring substituents is 1. The Balaban J connectivity index is 2.80. The zero-order chi connectivity index (χ0) is 15.3. The number of nitro groups is 1. The number of halogens is 1. The van der Waals surface area contributed by atoms with Crippen LogP contribution in [0.2, 0.25) is 0 Å². The van der Waals surface area contributed by atoms with Crippen molar-refractivity contribution in [2.75, 3.05) is 11.9 Å². The van der Waals surface area contributed by atoms with E-state index < -0.39 is 4.92 Å². The molecule has 20 heavy (non-hydrogen) atoms. The third-order valence-electron chi connectivity index (χ3n) is 2.82. The molecule has 1 aromatic carbocycles. The van der Waals surface area contributed by atoms with Gasteiger partial charge in [0.25, 0.3) is 5.69 Å². The van der Waals surface area contributed by atoms with Crippen LogP contribution in [-0.4, -0.2) is 17.4 Å². The first-order valence-electron chi connectivity index (χ1n) is 6.30. The molecule has 0 radical (unpaired) electrons. The van der Waals surface area contributed by atoms with E-state index in [4.69, 9.17) is 5.73 Å². The summed E-state index contributed by atoms with van der Waals surface area (Å²) in [6.07, 6.45) is 0.705. The van der Waals surface area contributed by atoms with Crippen molar-refractivity contribution in [1.82, 2.24) is 0 Å². The predicted octanol–water partition coefficient (Wildman–Crippen LogP) is 2.92. The second kappa shape index (κ2) is 7.35. The van der Waals surface area contributed by atoms with E-state index in [0.29, 0.717) is 22.5 Å². The Bertz CT molecular complexity index is 506. The fourth-order valence-corrected chi connectivity index (χ4v) is 2.38. The van der Waals surface area contributed by atoms with Crippen molar-refractivity contribution >= 4 is 33.2 Å². The first-order chi connectivity index (χ1) is 9.35. The molecule has 1 amide bonds. The van der Waals surface area contributed by atoms with Crippen molar-refractivity contribution in [3.63, 3.8) is 0 Å². The lowest BCUT2D eigenvalue weighted by Crippen LogP contribution is -2.30. The highest BCUT2D eigenvalue weighted by Crippen LogP contribution is 2.28. The molecule has 0 heterocycles. The molecule has 0 spiro atoms. The number of carbonyl (C=O) groups is 1. The lowest BCUT2D eigenvalue weighted by Gasteiger charge is -2.16. The highest BCUT2D eigenvalue weighted by molar-refractivity contribution is 9.10. The Labute approximate surface area is 126 Å². The van der Waals surface area contributed by atoms with E-state index in [2.05, 4.69) is 21.2 Å². The molecule has 0 aliphatic carbocycles. The summed E-state index contributed by atoms with van der Waals surface area (Å²) in [6, 6.07) is 4.36. The van der Waals surface area contributed by atoms with Crippen molar-refractivity contribution in [2.24, 2.45) is 17.6 Å². The molecule has 1 rings (SSSR count). The summed E-state index contributed by atoms with van der Waals surface area (Å²) in [5, 5.41) is 13.4. The van der Waals surface area contributed by atoms with Crippen LogP contribution in [0.15, 0.2) is 22.7 Å². The first-order valence-corrected chi connectivity index (χ1v) is 7.09. The Morgan fingerprint density at radius 1 is 1.50 bits per heavy atom. The summed E-state index contributed by atoms with van der Waals surface area (Å²) < 4.78 is 0.327. The molecule has 3 N–H and O–H groups in total. The third-order valence-corrected chi connectivity index (χ3v) is 3.46. The molecule has 0 fully saturated rings. The molecule has 0 bridgehead atoms. The summed E-state index contributed by atoms with van der Waals surface area (Å²) in [7, 11) is 0. The SMILES string of the molecule is CC(C)CC(CN)C(=O)Nc1ccc([N+](=O)[O-])c(Br)c1. The number of anilines is 1. The van der Waals surface area contributed by atoms with Crippen molar-refractivity contribution in [2.45, 2.75) is 20.3 Å². The maximum Gasteiger partial charge on any atom is 0.283 e. The highest BCUT2D eigenvalue weighted by atomic mass is 79.9. The van der Waals surface area contributed by atoms with Gasteiger partial charge in [-0.1, -0.05) is 13.8 Å². The Kier molecular flexibility index (Phi) is 6.09. The standard InChI is InChI=1S/C13H18BrN3O3/c1-8(2)5-9(7-15)13(18)16-10-3-4-12(17(19)20)11(14)6-10/h3-4,6,8-9H,5,7,15H2,1-2H3,(H,16,18). The summed E-state index contributed by atoms with van der Waals surface area (Å²) in [6.45, 7) is 4.33. The average Bonchev–Trinajstić information content (AvgIpc) is 2.35. The van der Waals surface area contributed by atoms with E-state index in [-0.39, 0.29) is 24.1 Å². The van der Waals surface area contributed by atoms with Crippen LogP contribution in [0.4, 0.5) is 11.4 Å². The average molecular weight is 344 g/mol. The Morgan fingerprint density at radius 2 is 2.15 bits per heavy atom. The number of rotatable bonds is 6. The molecule has 1 unspecified atom stereocenters. The van der Waals surface area contributed by atoms with Crippen LogP contribution < -0.4 is 11.1 Å². The summed E-state index contributed by atoms with van der Waals surface area (Å²) in [5.41, 5.74) is 6.08. The van der Waals surface area contributed by atoms with Gasteiger partial charge < -0.3 is 11.1 Å². The van der Waals surface area contributed by atoms with E-state index >= 15 is 0 Å². The van der Waals surface area contributed by atoms with Gasteiger partial charge in [-0.05, 0) is 40.4 Å². The molecule has 0 saturated carbocycles. The zero-order valence-corrected chi connectivity index (χ0v) is 13.0. The molecule has 7 heteroatoms. The zero-order valence-electron chi connectivity index (χ0n) is 11.4. The van der Waals surface area contributed by atoms with Crippen molar-refractivity contribution < 1.29 is 9.72 Å².